The predicted octanol–water partition coefficient (Wildman–Crippen LogP) is 3.59. The summed E-state index contributed by atoms with van der Waals surface area (Å²) >= 11 is 5.96. The predicted molar refractivity (Wildman–Crippen MR) is 113 cm³/mol. The van der Waals surface area contributed by atoms with Crippen LogP contribution in [0.5, 0.6) is 5.75 Å². The van der Waals surface area contributed by atoms with Crippen molar-refractivity contribution in [3.05, 3.63) is 53.1 Å². The number of anilines is 1. The molecular weight excluding hydrogens is 414 g/mol. The molecule has 0 aliphatic carbocycles. The van der Waals surface area contributed by atoms with Crippen molar-refractivity contribution in [2.24, 2.45) is 4.99 Å². The molecule has 0 fully saturated rings. The first-order chi connectivity index (χ1) is 13.9. The Kier molecular flexibility index (Phi) is 6.76. The number of nitrogens with one attached hydrogen (secondary N) is 2. The molecular formula is C20H22ClN3O4S. The summed E-state index contributed by atoms with van der Waals surface area (Å²) in [7, 11) is -1.97. The maximum atomic E-state index is 12.1. The van der Waals surface area contributed by atoms with Crippen molar-refractivity contribution in [2.45, 2.75) is 30.6 Å². The quantitative estimate of drug-likeness (QED) is 0.619. The second kappa shape index (κ2) is 9.28. The van der Waals surface area contributed by atoms with E-state index in [4.69, 9.17) is 16.3 Å². The summed E-state index contributed by atoms with van der Waals surface area (Å²) < 4.78 is 31.8. The number of aliphatic imine (C=N–C) groups is 1. The number of ether oxygens (including phenoxy) is 1. The molecule has 0 saturated heterocycles. The van der Waals surface area contributed by atoms with E-state index in [2.05, 4.69) is 15.0 Å². The Morgan fingerprint density at radius 2 is 1.97 bits per heavy atom. The number of methoxy groups -OCH3 is 1. The van der Waals surface area contributed by atoms with Crippen LogP contribution in [0.1, 0.15) is 31.2 Å². The molecule has 0 aromatic heterocycles. The molecule has 0 radical (unpaired) electrons. The van der Waals surface area contributed by atoms with Crippen LogP contribution in [0.15, 0.2) is 52.4 Å². The summed E-state index contributed by atoms with van der Waals surface area (Å²) in [6.45, 7) is 0.482. The number of halogens is 1. The summed E-state index contributed by atoms with van der Waals surface area (Å²) in [4.78, 5) is 16.8. The van der Waals surface area contributed by atoms with Gasteiger partial charge in [-0.05, 0) is 43.2 Å². The van der Waals surface area contributed by atoms with Gasteiger partial charge in [-0.2, -0.15) is 0 Å². The molecule has 7 nitrogen and oxygen atoms in total. The van der Waals surface area contributed by atoms with E-state index in [9.17, 15) is 13.2 Å². The van der Waals surface area contributed by atoms with Crippen molar-refractivity contribution in [3.8, 4) is 5.75 Å². The normalized spacial score (nSPS) is 15.6. The number of benzene rings is 2. The van der Waals surface area contributed by atoms with Crippen LogP contribution in [0.4, 0.5) is 5.69 Å². The number of hydrogen-bond acceptors (Lipinski definition) is 5. The van der Waals surface area contributed by atoms with Gasteiger partial charge in [-0.1, -0.05) is 30.2 Å². The van der Waals surface area contributed by atoms with Crippen LogP contribution in [0, 0.1) is 0 Å². The Balaban J connectivity index is 1.44. The maximum absolute atomic E-state index is 12.1. The van der Waals surface area contributed by atoms with Crippen LogP contribution < -0.4 is 14.8 Å². The van der Waals surface area contributed by atoms with E-state index < -0.39 is 10.0 Å². The van der Waals surface area contributed by atoms with Gasteiger partial charge in [0.1, 0.15) is 11.6 Å². The number of amidine groups is 1. The van der Waals surface area contributed by atoms with Gasteiger partial charge in [0.15, 0.2) is 0 Å². The maximum Gasteiger partial charge on any atom is 0.263 e. The highest BCUT2D eigenvalue weighted by Crippen LogP contribution is 2.28. The molecule has 0 saturated carbocycles. The molecule has 1 aliphatic rings. The van der Waals surface area contributed by atoms with Crippen LogP contribution in [0.3, 0.4) is 0 Å². The number of carbonyl (C=O) groups is 1. The molecule has 2 aromatic rings. The average Bonchev–Trinajstić information content (AvgIpc) is 2.95. The third-order valence-electron chi connectivity index (χ3n) is 4.43. The third-order valence-corrected chi connectivity index (χ3v) is 6.06. The number of hydrogen-bond donors (Lipinski definition) is 2. The molecule has 2 aromatic carbocycles. The average molecular weight is 436 g/mol. The third kappa shape index (κ3) is 5.27. The zero-order valence-corrected chi connectivity index (χ0v) is 17.5. The van der Waals surface area contributed by atoms with Gasteiger partial charge in [0.25, 0.3) is 10.0 Å². The Morgan fingerprint density at radius 1 is 1.17 bits per heavy atom. The van der Waals surface area contributed by atoms with Crippen molar-refractivity contribution in [3.63, 3.8) is 0 Å². The summed E-state index contributed by atoms with van der Waals surface area (Å²) in [5.74, 6) is 0.818. The van der Waals surface area contributed by atoms with Crippen LogP contribution in [-0.4, -0.2) is 33.8 Å². The fourth-order valence-corrected chi connectivity index (χ4v) is 4.43. The molecule has 1 heterocycles. The highest BCUT2D eigenvalue weighted by molar-refractivity contribution is 7.90. The Labute approximate surface area is 175 Å². The number of rotatable bonds is 8. The van der Waals surface area contributed by atoms with E-state index in [1.54, 1.807) is 42.5 Å². The van der Waals surface area contributed by atoms with Crippen LogP contribution in [0.25, 0.3) is 0 Å². The highest BCUT2D eigenvalue weighted by Gasteiger charge is 2.29. The molecule has 1 amide bonds. The highest BCUT2D eigenvalue weighted by atomic mass is 35.5. The lowest BCUT2D eigenvalue weighted by Crippen LogP contribution is -2.22. The lowest BCUT2D eigenvalue weighted by molar-refractivity contribution is -0.116. The smallest absolute Gasteiger partial charge is 0.263 e. The molecule has 0 unspecified atom stereocenters. The van der Waals surface area contributed by atoms with Gasteiger partial charge in [0.05, 0.1) is 17.7 Å². The number of nitrogens with zero attached hydrogens (tertiary/aromatic N) is 1. The van der Waals surface area contributed by atoms with E-state index >= 15 is 0 Å². The second-order valence-electron chi connectivity index (χ2n) is 6.54. The molecule has 0 spiro atoms. The topological polar surface area (TPSA) is 96.9 Å². The standard InChI is InChI=1S/C20H22ClN3O4S/c1-28-17-11-10-14(21)13-16(17)23-19(25)9-3-2-6-12-22-20-15-7-4-5-8-18(15)29(26,27)24-20/h4-5,7-8,10-11,13H,2-3,6,9,12H2,1H3,(H,22,24)(H,23,25). The van der Waals surface area contributed by atoms with Gasteiger partial charge in [-0.3, -0.25) is 14.5 Å². The first kappa shape index (κ1) is 21.1. The van der Waals surface area contributed by atoms with Gasteiger partial charge in [-0.25, -0.2) is 8.42 Å². The van der Waals surface area contributed by atoms with Crippen LogP contribution >= 0.6 is 11.6 Å². The fourth-order valence-electron chi connectivity index (χ4n) is 3.01. The first-order valence-corrected chi connectivity index (χ1v) is 11.1. The van der Waals surface area contributed by atoms with Gasteiger partial charge < -0.3 is 10.1 Å². The number of amides is 1. The lowest BCUT2D eigenvalue weighted by atomic mass is 10.1. The van der Waals surface area contributed by atoms with Gasteiger partial charge >= 0.3 is 0 Å². The van der Waals surface area contributed by atoms with Crippen molar-refractivity contribution in [1.29, 1.82) is 0 Å². The molecule has 0 atom stereocenters. The Morgan fingerprint density at radius 3 is 2.76 bits per heavy atom. The molecule has 9 heteroatoms. The van der Waals surface area contributed by atoms with Crippen molar-refractivity contribution >= 4 is 39.1 Å². The van der Waals surface area contributed by atoms with E-state index in [1.165, 1.54) is 7.11 Å². The molecule has 2 N–H and O–H groups in total. The van der Waals surface area contributed by atoms with E-state index in [-0.39, 0.29) is 10.8 Å². The zero-order chi connectivity index (χ0) is 20.9. The van der Waals surface area contributed by atoms with Crippen molar-refractivity contribution < 1.29 is 17.9 Å². The lowest BCUT2D eigenvalue weighted by Gasteiger charge is -2.10. The summed E-state index contributed by atoms with van der Waals surface area (Å²) in [5, 5.41) is 3.32. The SMILES string of the molecule is COc1ccc(Cl)cc1NC(=O)CCCCCN=C1NS(=O)(=O)c2ccccc21. The minimum atomic E-state index is -3.51. The molecule has 0 bridgehead atoms. The van der Waals surface area contributed by atoms with E-state index in [1.807, 2.05) is 0 Å². The Hall–Kier alpha value is -2.58. The Bertz CT molecular complexity index is 1040. The van der Waals surface area contributed by atoms with Crippen LogP contribution in [-0.2, 0) is 14.8 Å². The number of unbranched alkanes of at least 4 members (excludes halogenated alkanes) is 2. The van der Waals surface area contributed by atoms with Gasteiger partial charge in [-0.15, -0.1) is 0 Å². The minimum Gasteiger partial charge on any atom is -0.495 e. The summed E-state index contributed by atoms with van der Waals surface area (Å²) in [5.41, 5.74) is 1.14. The van der Waals surface area contributed by atoms with E-state index in [0.717, 1.165) is 12.8 Å². The summed E-state index contributed by atoms with van der Waals surface area (Å²) in [6.07, 6.45) is 2.61. The summed E-state index contributed by atoms with van der Waals surface area (Å²) in [6, 6.07) is 11.8. The molecule has 154 valence electrons. The van der Waals surface area contributed by atoms with E-state index in [0.29, 0.717) is 47.2 Å². The van der Waals surface area contributed by atoms with Crippen molar-refractivity contribution in [2.75, 3.05) is 19.0 Å². The zero-order valence-electron chi connectivity index (χ0n) is 15.9. The largest absolute Gasteiger partial charge is 0.495 e. The number of sulfonamides is 1. The molecule has 1 aliphatic heterocycles. The fraction of sp³-hybridized carbons (Fsp3) is 0.300. The first-order valence-electron chi connectivity index (χ1n) is 9.21. The minimum absolute atomic E-state index is 0.116. The number of carbonyl (C=O) groups excluding carboxylic acids is 1. The number of fused-ring (bicyclic) bond motifs is 1. The van der Waals surface area contributed by atoms with Crippen LogP contribution in [0.2, 0.25) is 5.02 Å². The molecule has 3 rings (SSSR count). The molecule has 29 heavy (non-hydrogen) atoms. The van der Waals surface area contributed by atoms with Gasteiger partial charge in [0.2, 0.25) is 5.91 Å². The second-order valence-corrected chi connectivity index (χ2v) is 8.62. The van der Waals surface area contributed by atoms with Gasteiger partial charge in [0, 0.05) is 23.6 Å². The van der Waals surface area contributed by atoms with Crippen molar-refractivity contribution in [1.82, 2.24) is 4.72 Å². The monoisotopic (exact) mass is 435 g/mol.